The molecule has 3 aromatic carbocycles. The van der Waals surface area contributed by atoms with Crippen LogP contribution in [-0.2, 0) is 16.1 Å². The second-order valence-electron chi connectivity index (χ2n) is 9.97. The highest BCUT2D eigenvalue weighted by Crippen LogP contribution is 2.35. The van der Waals surface area contributed by atoms with Gasteiger partial charge in [0.2, 0.25) is 11.8 Å². The Kier molecular flexibility index (Phi) is 8.19. The summed E-state index contributed by atoms with van der Waals surface area (Å²) >= 11 is 0. The normalized spacial score (nSPS) is 14.2. The molecular weight excluding hydrogens is 506 g/mol. The third kappa shape index (κ3) is 5.73. The number of Topliss-reactive ketones (excluding diaryl/α,β-unsaturated/α-hetero) is 1. The van der Waals surface area contributed by atoms with Crippen molar-refractivity contribution in [3.8, 4) is 5.75 Å². The summed E-state index contributed by atoms with van der Waals surface area (Å²) < 4.78 is 7.46. The van der Waals surface area contributed by atoms with Gasteiger partial charge in [0.25, 0.3) is 0 Å². The highest BCUT2D eigenvalue weighted by molar-refractivity contribution is 6.03. The highest BCUT2D eigenvalue weighted by Gasteiger charge is 2.36. The van der Waals surface area contributed by atoms with Crippen molar-refractivity contribution in [1.82, 2.24) is 20.3 Å². The topological polar surface area (TPSA) is 106 Å². The van der Waals surface area contributed by atoms with Crippen LogP contribution in [0.5, 0.6) is 5.75 Å². The van der Waals surface area contributed by atoms with Crippen molar-refractivity contribution in [2.45, 2.75) is 58.2 Å². The highest BCUT2D eigenvalue weighted by atomic mass is 16.5. The van der Waals surface area contributed by atoms with E-state index in [1.54, 1.807) is 30.3 Å². The molecule has 0 unspecified atom stereocenters. The van der Waals surface area contributed by atoms with E-state index in [-0.39, 0.29) is 30.2 Å². The number of benzene rings is 3. The molecule has 2 amide bonds. The molecule has 0 bridgehead atoms. The van der Waals surface area contributed by atoms with E-state index in [9.17, 15) is 14.4 Å². The minimum absolute atomic E-state index is 0.0361. The number of carbonyl (C=O) groups is 3. The largest absolute Gasteiger partial charge is 0.493 e. The number of anilines is 1. The third-order valence-electron chi connectivity index (χ3n) is 7.23. The zero-order valence-corrected chi connectivity index (χ0v) is 22.7. The maximum Gasteiger partial charge on any atom is 0.249 e. The molecule has 0 saturated heterocycles. The summed E-state index contributed by atoms with van der Waals surface area (Å²) in [5.74, 6) is -0.306. The average Bonchev–Trinajstić information content (AvgIpc) is 3.62. The number of ketones is 1. The molecule has 9 nitrogen and oxygen atoms in total. The van der Waals surface area contributed by atoms with Gasteiger partial charge in [-0.15, -0.1) is 5.10 Å². The number of aromatic nitrogens is 3. The number of fused-ring (bicyclic) bond motifs is 1. The first-order valence-corrected chi connectivity index (χ1v) is 13.7. The molecule has 206 valence electrons. The number of ether oxygens (including phenoxy) is 1. The number of hydrogen-bond donors (Lipinski definition) is 1. The maximum absolute atomic E-state index is 14.3. The Morgan fingerprint density at radius 2 is 1.77 bits per heavy atom. The van der Waals surface area contributed by atoms with Crippen LogP contribution in [0.25, 0.3) is 11.0 Å². The van der Waals surface area contributed by atoms with Crippen LogP contribution < -0.4 is 15.0 Å². The lowest BCUT2D eigenvalue weighted by Gasteiger charge is -2.33. The number of hydrogen-bond acceptors (Lipinski definition) is 6. The summed E-state index contributed by atoms with van der Waals surface area (Å²) in [5, 5.41) is 11.6. The number of nitrogens with one attached hydrogen (secondary N) is 1. The maximum atomic E-state index is 14.3. The number of carbonyl (C=O) groups excluding carboxylic acids is 3. The van der Waals surface area contributed by atoms with Crippen LogP contribution >= 0.6 is 0 Å². The van der Waals surface area contributed by atoms with Crippen molar-refractivity contribution in [2.24, 2.45) is 0 Å². The van der Waals surface area contributed by atoms with Gasteiger partial charge < -0.3 is 10.1 Å². The van der Waals surface area contributed by atoms with Crippen molar-refractivity contribution in [2.75, 3.05) is 11.5 Å². The van der Waals surface area contributed by atoms with Gasteiger partial charge in [-0.2, -0.15) is 0 Å². The SMILES string of the molecule is CCOc1ccccc1[C@@H](C(=O)NC1CCCC1)N(C(=O)Cn1nnc2ccccc21)c1cccc(C(C)=O)c1. The Morgan fingerprint density at radius 3 is 2.55 bits per heavy atom. The summed E-state index contributed by atoms with van der Waals surface area (Å²) in [5.41, 5.74) is 2.80. The van der Waals surface area contributed by atoms with Gasteiger partial charge in [0, 0.05) is 22.9 Å². The Bertz CT molecular complexity index is 1520. The van der Waals surface area contributed by atoms with Crippen molar-refractivity contribution < 1.29 is 19.1 Å². The molecule has 0 aliphatic heterocycles. The number of para-hydroxylation sites is 2. The molecular formula is C31H33N5O4. The lowest BCUT2D eigenvalue weighted by atomic mass is 10.00. The van der Waals surface area contributed by atoms with Crippen LogP contribution in [-0.4, -0.2) is 45.2 Å². The summed E-state index contributed by atoms with van der Waals surface area (Å²) in [7, 11) is 0. The van der Waals surface area contributed by atoms with Crippen molar-refractivity contribution in [3.05, 3.63) is 83.9 Å². The first kappa shape index (κ1) is 27.1. The zero-order chi connectivity index (χ0) is 28.1. The van der Waals surface area contributed by atoms with E-state index in [1.807, 2.05) is 49.4 Å². The first-order valence-electron chi connectivity index (χ1n) is 13.7. The predicted octanol–water partition coefficient (Wildman–Crippen LogP) is 4.87. The summed E-state index contributed by atoms with van der Waals surface area (Å²) in [6, 6.07) is 20.5. The van der Waals surface area contributed by atoms with E-state index < -0.39 is 6.04 Å². The number of rotatable bonds is 10. The second-order valence-corrected chi connectivity index (χ2v) is 9.97. The standard InChI is InChI=1S/C31H33N5O4/c1-3-40-28-18-9-6-15-25(28)30(31(39)32-23-12-4-5-13-23)36(24-14-10-11-22(19-24)21(2)37)29(38)20-35-27-17-8-7-16-26(27)33-34-35/h6-11,14-19,23,30H,3-5,12-13,20H2,1-2H3,(H,32,39)/t30-/m0/s1. The average molecular weight is 540 g/mol. The lowest BCUT2D eigenvalue weighted by molar-refractivity contribution is -0.127. The van der Waals surface area contributed by atoms with E-state index in [4.69, 9.17) is 4.74 Å². The summed E-state index contributed by atoms with van der Waals surface area (Å²) in [6.07, 6.45) is 3.89. The predicted molar refractivity (Wildman–Crippen MR) is 152 cm³/mol. The van der Waals surface area contributed by atoms with E-state index in [0.29, 0.717) is 40.2 Å². The van der Waals surface area contributed by atoms with E-state index >= 15 is 0 Å². The molecule has 1 heterocycles. The Hall–Kier alpha value is -4.53. The van der Waals surface area contributed by atoms with E-state index in [2.05, 4.69) is 15.6 Å². The van der Waals surface area contributed by atoms with Crippen LogP contribution in [0, 0.1) is 0 Å². The molecule has 1 atom stereocenters. The van der Waals surface area contributed by atoms with Crippen molar-refractivity contribution in [3.63, 3.8) is 0 Å². The van der Waals surface area contributed by atoms with Gasteiger partial charge >= 0.3 is 0 Å². The molecule has 1 aliphatic rings. The molecule has 1 N–H and O–H groups in total. The molecule has 1 aromatic heterocycles. The molecule has 5 rings (SSSR count). The van der Waals surface area contributed by atoms with Gasteiger partial charge in [-0.05, 0) is 57.0 Å². The third-order valence-corrected chi connectivity index (χ3v) is 7.23. The minimum Gasteiger partial charge on any atom is -0.493 e. The van der Waals surface area contributed by atoms with Gasteiger partial charge in [-0.25, -0.2) is 4.68 Å². The van der Waals surface area contributed by atoms with E-state index in [1.165, 1.54) is 16.5 Å². The van der Waals surface area contributed by atoms with Gasteiger partial charge in [-0.1, -0.05) is 60.5 Å². The minimum atomic E-state index is -1.05. The van der Waals surface area contributed by atoms with Crippen LogP contribution in [0.15, 0.2) is 72.8 Å². The lowest BCUT2D eigenvalue weighted by Crippen LogP contribution is -2.47. The Balaban J connectivity index is 1.64. The number of amides is 2. The summed E-state index contributed by atoms with van der Waals surface area (Å²) in [4.78, 5) is 42.2. The van der Waals surface area contributed by atoms with Crippen LogP contribution in [0.1, 0.15) is 61.5 Å². The quantitative estimate of drug-likeness (QED) is 0.288. The van der Waals surface area contributed by atoms with Crippen LogP contribution in [0.2, 0.25) is 0 Å². The van der Waals surface area contributed by atoms with Crippen molar-refractivity contribution >= 4 is 34.3 Å². The van der Waals surface area contributed by atoms with E-state index in [0.717, 1.165) is 25.7 Å². The monoisotopic (exact) mass is 539 g/mol. The molecule has 9 heteroatoms. The molecule has 0 spiro atoms. The van der Waals surface area contributed by atoms with Gasteiger partial charge in [0.05, 0.1) is 12.1 Å². The molecule has 0 radical (unpaired) electrons. The Labute approximate surface area is 233 Å². The molecule has 1 saturated carbocycles. The van der Waals surface area contributed by atoms with Gasteiger partial charge in [0.15, 0.2) is 5.78 Å². The second kappa shape index (κ2) is 12.1. The smallest absolute Gasteiger partial charge is 0.249 e. The fourth-order valence-electron chi connectivity index (χ4n) is 5.29. The Morgan fingerprint density at radius 1 is 1.02 bits per heavy atom. The van der Waals surface area contributed by atoms with Crippen LogP contribution in [0.4, 0.5) is 5.69 Å². The zero-order valence-electron chi connectivity index (χ0n) is 22.7. The van der Waals surface area contributed by atoms with Gasteiger partial charge in [0.1, 0.15) is 23.9 Å². The van der Waals surface area contributed by atoms with Crippen molar-refractivity contribution in [1.29, 1.82) is 0 Å². The summed E-state index contributed by atoms with van der Waals surface area (Å²) in [6.45, 7) is 3.59. The first-order chi connectivity index (χ1) is 19.5. The fourth-order valence-corrected chi connectivity index (χ4v) is 5.29. The van der Waals surface area contributed by atoms with Crippen LogP contribution in [0.3, 0.4) is 0 Å². The fraction of sp³-hybridized carbons (Fsp3) is 0.323. The van der Waals surface area contributed by atoms with Gasteiger partial charge in [-0.3, -0.25) is 19.3 Å². The molecule has 1 aliphatic carbocycles. The molecule has 40 heavy (non-hydrogen) atoms. The molecule has 1 fully saturated rings. The number of nitrogens with zero attached hydrogens (tertiary/aromatic N) is 4. The molecule has 4 aromatic rings.